The van der Waals surface area contributed by atoms with Crippen LogP contribution < -0.4 is 24.6 Å². The number of rotatable bonds is 10. The van der Waals surface area contributed by atoms with E-state index < -0.39 is 6.16 Å². The number of carbonyl (C=O) groups excluding carboxylic acids is 1. The molecule has 2 N–H and O–H groups in total. The molecule has 3 aromatic carbocycles. The van der Waals surface area contributed by atoms with E-state index >= 15 is 0 Å². The third-order valence-electron chi connectivity index (χ3n) is 8.64. The SMILES string of the molecule is CN1CCN(c2cccc(OCCCc3sc(N4CCc5cccc(C(=O)Nc6nc7ccccc7s6)c5C4)nc3OC(=O)O)c2)CC1. The van der Waals surface area contributed by atoms with E-state index in [1.165, 1.54) is 22.7 Å². The average Bonchev–Trinajstić information content (AvgIpc) is 3.69. The van der Waals surface area contributed by atoms with Crippen LogP contribution in [0.25, 0.3) is 10.2 Å². The zero-order valence-electron chi connectivity index (χ0n) is 26.6. The second-order valence-electron chi connectivity index (χ2n) is 11.9. The van der Waals surface area contributed by atoms with Gasteiger partial charge in [-0.15, -0.1) is 0 Å². The summed E-state index contributed by atoms with van der Waals surface area (Å²) in [6, 6.07) is 21.8. The standard InChI is InChI=1S/C35H36N6O5S2/c1-39-16-18-40(19-17-39)24-8-5-9-25(21-24)45-20-6-13-30-32(46-35(43)44)38-34(48-30)41-15-14-23-7-4-10-26(27(23)22-41)31(42)37-33-36-28-11-2-3-12-29(28)47-33/h2-5,7-12,21H,6,13-20,22H2,1H3,(H,43,44)(H,36,37,42). The first-order chi connectivity index (χ1) is 23.4. The maximum atomic E-state index is 13.5. The number of nitrogens with zero attached hydrogens (tertiary/aromatic N) is 5. The third-order valence-corrected chi connectivity index (χ3v) is 10.7. The van der Waals surface area contributed by atoms with Crippen molar-refractivity contribution in [3.05, 3.63) is 88.3 Å². The molecule has 0 spiro atoms. The van der Waals surface area contributed by atoms with Gasteiger partial charge in [0, 0.05) is 56.6 Å². The second kappa shape index (κ2) is 14.2. The summed E-state index contributed by atoms with van der Waals surface area (Å²) in [5.74, 6) is 0.706. The van der Waals surface area contributed by atoms with E-state index in [9.17, 15) is 14.7 Å². The van der Waals surface area contributed by atoms with E-state index in [0.29, 0.717) is 48.4 Å². The van der Waals surface area contributed by atoms with E-state index in [4.69, 9.17) is 9.47 Å². The predicted molar refractivity (Wildman–Crippen MR) is 190 cm³/mol. The van der Waals surface area contributed by atoms with Crippen LogP contribution in [0.4, 0.5) is 20.7 Å². The number of nitrogens with one attached hydrogen (secondary N) is 1. The van der Waals surface area contributed by atoms with E-state index in [0.717, 1.165) is 70.3 Å². The maximum absolute atomic E-state index is 13.5. The van der Waals surface area contributed by atoms with Gasteiger partial charge in [0.25, 0.3) is 5.91 Å². The molecule has 2 aliphatic rings. The van der Waals surface area contributed by atoms with Crippen molar-refractivity contribution in [1.82, 2.24) is 14.9 Å². The molecule has 7 rings (SSSR count). The van der Waals surface area contributed by atoms with Gasteiger partial charge in [-0.25, -0.2) is 9.78 Å². The number of likely N-dealkylation sites (N-methyl/N-ethyl adjacent to an activating group) is 1. The molecule has 4 heterocycles. The number of aryl methyl sites for hydroxylation is 1. The summed E-state index contributed by atoms with van der Waals surface area (Å²) in [5.41, 5.74) is 4.62. The molecule has 48 heavy (non-hydrogen) atoms. The molecule has 11 nitrogen and oxygen atoms in total. The predicted octanol–water partition coefficient (Wildman–Crippen LogP) is 6.39. The molecule has 1 amide bonds. The van der Waals surface area contributed by atoms with Gasteiger partial charge in [-0.3, -0.25) is 10.1 Å². The summed E-state index contributed by atoms with van der Waals surface area (Å²) in [4.78, 5) is 41.7. The third kappa shape index (κ3) is 7.23. The number of para-hydroxylation sites is 1. The highest BCUT2D eigenvalue weighted by Gasteiger charge is 2.26. The van der Waals surface area contributed by atoms with E-state index in [1.54, 1.807) is 0 Å². The molecule has 2 aliphatic heterocycles. The highest BCUT2D eigenvalue weighted by Crippen LogP contribution is 2.36. The first-order valence-corrected chi connectivity index (χ1v) is 17.6. The van der Waals surface area contributed by atoms with Crippen molar-refractivity contribution in [2.45, 2.75) is 25.8 Å². The largest absolute Gasteiger partial charge is 0.512 e. The average molecular weight is 685 g/mol. The Morgan fingerprint density at radius 2 is 1.77 bits per heavy atom. The monoisotopic (exact) mass is 684 g/mol. The van der Waals surface area contributed by atoms with Gasteiger partial charge in [-0.2, -0.15) is 4.98 Å². The van der Waals surface area contributed by atoms with Crippen LogP contribution in [-0.2, 0) is 19.4 Å². The van der Waals surface area contributed by atoms with Gasteiger partial charge in [0.1, 0.15) is 5.75 Å². The number of amides is 1. The first-order valence-electron chi connectivity index (χ1n) is 16.0. The lowest BCUT2D eigenvalue weighted by Gasteiger charge is -2.34. The fourth-order valence-electron chi connectivity index (χ4n) is 6.09. The lowest BCUT2D eigenvalue weighted by Crippen LogP contribution is -2.44. The molecule has 0 radical (unpaired) electrons. The lowest BCUT2D eigenvalue weighted by atomic mass is 9.94. The van der Waals surface area contributed by atoms with Crippen LogP contribution in [0.1, 0.15) is 32.8 Å². The second-order valence-corrected chi connectivity index (χ2v) is 14.0. The molecule has 0 bridgehead atoms. The minimum Gasteiger partial charge on any atom is -0.494 e. The smallest absolute Gasteiger partial charge is 0.494 e. The quantitative estimate of drug-likeness (QED) is 0.127. The lowest BCUT2D eigenvalue weighted by molar-refractivity contribution is 0.102. The van der Waals surface area contributed by atoms with E-state index in [-0.39, 0.29) is 11.8 Å². The highest BCUT2D eigenvalue weighted by atomic mass is 32.1. The van der Waals surface area contributed by atoms with Gasteiger partial charge < -0.3 is 29.3 Å². The van der Waals surface area contributed by atoms with Crippen LogP contribution in [0.2, 0.25) is 0 Å². The summed E-state index contributed by atoms with van der Waals surface area (Å²) in [5, 5.41) is 13.6. The van der Waals surface area contributed by atoms with Gasteiger partial charge >= 0.3 is 6.16 Å². The molecule has 248 valence electrons. The molecule has 0 unspecified atom stereocenters. The molecule has 2 aromatic heterocycles. The number of hydrogen-bond acceptors (Lipinski definition) is 11. The number of hydrogen-bond donors (Lipinski definition) is 2. The van der Waals surface area contributed by atoms with Crippen molar-refractivity contribution in [2.24, 2.45) is 0 Å². The Morgan fingerprint density at radius 1 is 0.938 bits per heavy atom. The van der Waals surface area contributed by atoms with Crippen molar-refractivity contribution in [3.8, 4) is 11.6 Å². The summed E-state index contributed by atoms with van der Waals surface area (Å²) in [6.07, 6.45) is 0.541. The van der Waals surface area contributed by atoms with Crippen LogP contribution in [0.15, 0.2) is 66.7 Å². The number of fused-ring (bicyclic) bond motifs is 2. The number of thiazole rings is 2. The van der Waals surface area contributed by atoms with Crippen LogP contribution >= 0.6 is 22.7 Å². The van der Waals surface area contributed by atoms with Crippen molar-refractivity contribution in [3.63, 3.8) is 0 Å². The molecule has 0 atom stereocenters. The van der Waals surface area contributed by atoms with Crippen molar-refractivity contribution >= 4 is 60.9 Å². The van der Waals surface area contributed by atoms with Crippen LogP contribution in [0, 0.1) is 0 Å². The first kappa shape index (κ1) is 31.9. The molecular weight excluding hydrogens is 649 g/mol. The maximum Gasteiger partial charge on any atom is 0.512 e. The number of ether oxygens (including phenoxy) is 2. The Morgan fingerprint density at radius 3 is 2.60 bits per heavy atom. The minimum atomic E-state index is -1.40. The Kier molecular flexibility index (Phi) is 9.41. The van der Waals surface area contributed by atoms with Crippen molar-refractivity contribution in [2.75, 3.05) is 61.5 Å². The Hall–Kier alpha value is -4.72. The zero-order valence-corrected chi connectivity index (χ0v) is 28.2. The molecule has 1 fully saturated rings. The number of carboxylic acid groups (broad SMARTS) is 1. The van der Waals surface area contributed by atoms with Gasteiger partial charge in [0.2, 0.25) is 5.88 Å². The molecule has 1 saturated heterocycles. The van der Waals surface area contributed by atoms with E-state index in [2.05, 4.69) is 49.2 Å². The summed E-state index contributed by atoms with van der Waals surface area (Å²) in [6.45, 7) is 5.66. The van der Waals surface area contributed by atoms with Crippen LogP contribution in [0.3, 0.4) is 0 Å². The van der Waals surface area contributed by atoms with Gasteiger partial charge in [-0.1, -0.05) is 53.0 Å². The number of anilines is 3. The Balaban J connectivity index is 1.01. The normalized spacial score (nSPS) is 14.9. The zero-order chi connectivity index (χ0) is 33.0. The fraction of sp³-hybridized carbons (Fsp3) is 0.314. The van der Waals surface area contributed by atoms with Crippen molar-refractivity contribution < 1.29 is 24.2 Å². The molecule has 0 aliphatic carbocycles. The van der Waals surface area contributed by atoms with Gasteiger partial charge in [0.15, 0.2) is 10.3 Å². The molecule has 0 saturated carbocycles. The number of aromatic nitrogens is 2. The molecule has 13 heteroatoms. The topological polar surface area (TPSA) is 120 Å². The summed E-state index contributed by atoms with van der Waals surface area (Å²) < 4.78 is 12.2. The van der Waals surface area contributed by atoms with Crippen molar-refractivity contribution in [1.29, 1.82) is 0 Å². The summed E-state index contributed by atoms with van der Waals surface area (Å²) >= 11 is 2.86. The fourth-order valence-corrected chi connectivity index (χ4v) is 8.00. The van der Waals surface area contributed by atoms with Gasteiger partial charge in [-0.05, 0) is 67.8 Å². The van der Waals surface area contributed by atoms with Gasteiger partial charge in [0.05, 0.1) is 21.7 Å². The Labute approximate surface area is 286 Å². The molecule has 5 aromatic rings. The number of piperazine rings is 1. The van der Waals surface area contributed by atoms with E-state index in [1.807, 2.05) is 54.6 Å². The Bertz CT molecular complexity index is 1900. The minimum absolute atomic E-state index is 0.104. The van der Waals surface area contributed by atoms with Crippen LogP contribution in [0.5, 0.6) is 11.6 Å². The number of carbonyl (C=O) groups is 2. The molecular formula is C35H36N6O5S2. The number of benzene rings is 3. The summed E-state index contributed by atoms with van der Waals surface area (Å²) in [7, 11) is 2.14. The highest BCUT2D eigenvalue weighted by molar-refractivity contribution is 7.22. The van der Waals surface area contributed by atoms with Crippen LogP contribution in [-0.4, -0.2) is 78.4 Å².